The van der Waals surface area contributed by atoms with Crippen molar-refractivity contribution >= 4 is 35.1 Å². The molecule has 1 aromatic rings. The van der Waals surface area contributed by atoms with Crippen molar-refractivity contribution in [1.29, 1.82) is 0 Å². The van der Waals surface area contributed by atoms with E-state index in [9.17, 15) is 14.4 Å². The fourth-order valence-electron chi connectivity index (χ4n) is 2.45. The number of carboxylic acids is 1. The Morgan fingerprint density at radius 3 is 2.82 bits per heavy atom. The third kappa shape index (κ3) is 3.57. The van der Waals surface area contributed by atoms with Gasteiger partial charge in [-0.05, 0) is 24.6 Å². The Morgan fingerprint density at radius 1 is 1.45 bits per heavy atom. The van der Waals surface area contributed by atoms with Crippen LogP contribution in [-0.4, -0.2) is 47.9 Å². The SMILES string of the molecule is CN(CCC(=O)O)C(=O)[C@H]1CCN(c2cccc(Cl)c2)C1=O. The third-order valence-corrected chi connectivity index (χ3v) is 3.90. The van der Waals surface area contributed by atoms with Gasteiger partial charge in [0.25, 0.3) is 0 Å². The zero-order valence-corrected chi connectivity index (χ0v) is 12.9. The predicted octanol–water partition coefficient (Wildman–Crippen LogP) is 1.63. The molecule has 7 heteroatoms. The van der Waals surface area contributed by atoms with E-state index in [2.05, 4.69) is 0 Å². The topological polar surface area (TPSA) is 77.9 Å². The third-order valence-electron chi connectivity index (χ3n) is 3.66. The van der Waals surface area contributed by atoms with Crippen LogP contribution in [0.25, 0.3) is 0 Å². The first kappa shape index (κ1) is 16.3. The Balaban J connectivity index is 2.04. The van der Waals surface area contributed by atoms with Gasteiger partial charge >= 0.3 is 5.97 Å². The number of aliphatic carboxylic acids is 1. The zero-order chi connectivity index (χ0) is 16.3. The van der Waals surface area contributed by atoms with E-state index in [1.807, 2.05) is 0 Å². The van der Waals surface area contributed by atoms with Crippen molar-refractivity contribution in [1.82, 2.24) is 4.90 Å². The molecule has 0 aliphatic carbocycles. The minimum atomic E-state index is -0.974. The van der Waals surface area contributed by atoms with Crippen molar-refractivity contribution in [3.8, 4) is 0 Å². The van der Waals surface area contributed by atoms with E-state index < -0.39 is 11.9 Å². The molecule has 1 N–H and O–H groups in total. The molecule has 0 bridgehead atoms. The van der Waals surface area contributed by atoms with Crippen molar-refractivity contribution in [2.45, 2.75) is 12.8 Å². The summed E-state index contributed by atoms with van der Waals surface area (Å²) in [5.74, 6) is -2.33. The molecule has 2 amide bonds. The number of hydrogen-bond donors (Lipinski definition) is 1. The number of benzene rings is 1. The molecule has 1 atom stereocenters. The fraction of sp³-hybridized carbons (Fsp3) is 0.400. The van der Waals surface area contributed by atoms with Gasteiger partial charge in [-0.25, -0.2) is 0 Å². The summed E-state index contributed by atoms with van der Waals surface area (Å²) in [6, 6.07) is 6.91. The molecule has 0 radical (unpaired) electrons. The van der Waals surface area contributed by atoms with Gasteiger partial charge in [-0.2, -0.15) is 0 Å². The summed E-state index contributed by atoms with van der Waals surface area (Å²) in [5.41, 5.74) is 0.668. The highest BCUT2D eigenvalue weighted by Gasteiger charge is 2.38. The minimum absolute atomic E-state index is 0.0924. The number of carbonyl (C=O) groups is 3. The van der Waals surface area contributed by atoms with Crippen LogP contribution in [0, 0.1) is 5.92 Å². The van der Waals surface area contributed by atoms with Gasteiger partial charge in [-0.1, -0.05) is 17.7 Å². The van der Waals surface area contributed by atoms with Crippen LogP contribution in [-0.2, 0) is 14.4 Å². The number of hydrogen-bond acceptors (Lipinski definition) is 3. The maximum absolute atomic E-state index is 12.4. The van der Waals surface area contributed by atoms with Crippen molar-refractivity contribution < 1.29 is 19.5 Å². The monoisotopic (exact) mass is 324 g/mol. The largest absolute Gasteiger partial charge is 0.481 e. The van der Waals surface area contributed by atoms with Gasteiger partial charge in [-0.15, -0.1) is 0 Å². The van der Waals surface area contributed by atoms with E-state index in [1.54, 1.807) is 29.2 Å². The molecule has 1 aromatic carbocycles. The number of halogens is 1. The summed E-state index contributed by atoms with van der Waals surface area (Å²) in [6.07, 6.45) is 0.281. The van der Waals surface area contributed by atoms with Crippen LogP contribution in [0.3, 0.4) is 0 Å². The highest BCUT2D eigenvalue weighted by atomic mass is 35.5. The Labute approximate surface area is 133 Å². The number of amides is 2. The van der Waals surface area contributed by atoms with Gasteiger partial charge in [0.05, 0.1) is 6.42 Å². The van der Waals surface area contributed by atoms with Gasteiger partial charge in [0, 0.05) is 30.8 Å². The van der Waals surface area contributed by atoms with E-state index in [1.165, 1.54) is 11.9 Å². The first-order valence-corrected chi connectivity index (χ1v) is 7.31. The van der Waals surface area contributed by atoms with Crippen molar-refractivity contribution in [3.63, 3.8) is 0 Å². The standard InChI is InChI=1S/C15H17ClN2O4/c1-17(7-6-13(19)20)14(21)12-5-8-18(15(12)22)11-4-2-3-10(16)9-11/h2-4,9,12H,5-8H2,1H3,(H,19,20)/t12-/m1/s1. The molecule has 0 aromatic heterocycles. The smallest absolute Gasteiger partial charge is 0.305 e. The van der Waals surface area contributed by atoms with E-state index in [4.69, 9.17) is 16.7 Å². The quantitative estimate of drug-likeness (QED) is 0.835. The number of carbonyl (C=O) groups excluding carboxylic acids is 2. The number of carboxylic acid groups (broad SMARTS) is 1. The maximum Gasteiger partial charge on any atom is 0.305 e. The van der Waals surface area contributed by atoms with E-state index in [-0.39, 0.29) is 24.8 Å². The van der Waals surface area contributed by atoms with Gasteiger partial charge in [0.2, 0.25) is 11.8 Å². The first-order valence-electron chi connectivity index (χ1n) is 6.94. The highest BCUT2D eigenvalue weighted by Crippen LogP contribution is 2.28. The molecule has 6 nitrogen and oxygen atoms in total. The van der Waals surface area contributed by atoms with Crippen LogP contribution >= 0.6 is 11.6 Å². The van der Waals surface area contributed by atoms with Crippen LogP contribution < -0.4 is 4.90 Å². The average molecular weight is 325 g/mol. The van der Waals surface area contributed by atoms with Crippen molar-refractivity contribution in [2.24, 2.45) is 5.92 Å². The van der Waals surface area contributed by atoms with Gasteiger partial charge in [0.15, 0.2) is 0 Å². The summed E-state index contributed by atoms with van der Waals surface area (Å²) in [7, 11) is 1.51. The number of rotatable bonds is 5. The molecule has 1 saturated heterocycles. The molecule has 0 saturated carbocycles. The fourth-order valence-corrected chi connectivity index (χ4v) is 2.63. The number of nitrogens with zero attached hydrogens (tertiary/aromatic N) is 2. The second kappa shape index (κ2) is 6.79. The first-order chi connectivity index (χ1) is 10.4. The second-order valence-corrected chi connectivity index (χ2v) is 5.65. The molecule has 0 spiro atoms. The van der Waals surface area contributed by atoms with Crippen LogP contribution in [0.4, 0.5) is 5.69 Å². The van der Waals surface area contributed by atoms with Crippen LogP contribution in [0.5, 0.6) is 0 Å². The molecule has 1 aliphatic rings. The van der Waals surface area contributed by atoms with Gasteiger partial charge < -0.3 is 14.9 Å². The zero-order valence-electron chi connectivity index (χ0n) is 12.2. The minimum Gasteiger partial charge on any atom is -0.481 e. The van der Waals surface area contributed by atoms with E-state index in [0.717, 1.165) is 0 Å². The second-order valence-electron chi connectivity index (χ2n) is 5.21. The summed E-state index contributed by atoms with van der Waals surface area (Å²) in [5, 5.41) is 9.18. The molecule has 118 valence electrons. The average Bonchev–Trinajstić information content (AvgIpc) is 2.85. The summed E-state index contributed by atoms with van der Waals surface area (Å²) in [4.78, 5) is 38.1. The van der Waals surface area contributed by atoms with Crippen LogP contribution in [0.1, 0.15) is 12.8 Å². The summed E-state index contributed by atoms with van der Waals surface area (Å²) < 4.78 is 0. The lowest BCUT2D eigenvalue weighted by atomic mass is 10.1. The Morgan fingerprint density at radius 2 is 2.18 bits per heavy atom. The summed E-state index contributed by atoms with van der Waals surface area (Å²) in [6.45, 7) is 0.539. The lowest BCUT2D eigenvalue weighted by Crippen LogP contribution is -2.38. The maximum atomic E-state index is 12.4. The molecular weight excluding hydrogens is 308 g/mol. The Bertz CT molecular complexity index is 605. The number of anilines is 1. The van der Waals surface area contributed by atoms with E-state index >= 15 is 0 Å². The van der Waals surface area contributed by atoms with Crippen LogP contribution in [0.15, 0.2) is 24.3 Å². The Kier molecular flexibility index (Phi) is 5.03. The predicted molar refractivity (Wildman–Crippen MR) is 81.8 cm³/mol. The lowest BCUT2D eigenvalue weighted by molar-refractivity contribution is -0.140. The molecule has 1 aliphatic heterocycles. The lowest BCUT2D eigenvalue weighted by Gasteiger charge is -2.20. The Hall–Kier alpha value is -2.08. The summed E-state index contributed by atoms with van der Waals surface area (Å²) >= 11 is 5.92. The van der Waals surface area contributed by atoms with E-state index in [0.29, 0.717) is 23.7 Å². The molecule has 1 fully saturated rings. The van der Waals surface area contributed by atoms with Gasteiger partial charge in [0.1, 0.15) is 5.92 Å². The molecule has 22 heavy (non-hydrogen) atoms. The van der Waals surface area contributed by atoms with Gasteiger partial charge in [-0.3, -0.25) is 14.4 Å². The molecule has 0 unspecified atom stereocenters. The van der Waals surface area contributed by atoms with Crippen LogP contribution in [0.2, 0.25) is 5.02 Å². The molecule has 1 heterocycles. The van der Waals surface area contributed by atoms with Crippen molar-refractivity contribution in [3.05, 3.63) is 29.3 Å². The van der Waals surface area contributed by atoms with Crippen molar-refractivity contribution in [2.75, 3.05) is 25.0 Å². The molecular formula is C15H17ClN2O4. The normalized spacial score (nSPS) is 17.6. The molecule has 2 rings (SSSR count). The highest BCUT2D eigenvalue weighted by molar-refractivity contribution is 6.31.